The number of carbonyl (C=O) groups excluding carboxylic acids is 1. The Bertz CT molecular complexity index is 1310. The summed E-state index contributed by atoms with van der Waals surface area (Å²) in [7, 11) is 0. The molecule has 2 aromatic carbocycles. The van der Waals surface area contributed by atoms with E-state index < -0.39 is 12.3 Å². The number of aryl methyl sites for hydroxylation is 2. The molecule has 2 aromatic heterocycles. The highest BCUT2D eigenvalue weighted by molar-refractivity contribution is 7.11. The van der Waals surface area contributed by atoms with Gasteiger partial charge >= 0.3 is 0 Å². The maximum Gasteiger partial charge on any atom is 0.251 e. The maximum atomic E-state index is 16.4. The molecule has 1 amide bonds. The molecule has 34 heavy (non-hydrogen) atoms. The average molecular weight is 476 g/mol. The van der Waals surface area contributed by atoms with Crippen molar-refractivity contribution in [1.82, 2.24) is 20.5 Å². The van der Waals surface area contributed by atoms with Crippen molar-refractivity contribution in [2.24, 2.45) is 0 Å². The highest BCUT2D eigenvalue weighted by Crippen LogP contribution is 2.38. The first-order valence-corrected chi connectivity index (χ1v) is 12.3. The number of benzene rings is 2. The summed E-state index contributed by atoms with van der Waals surface area (Å²) in [6, 6.07) is 16.1. The summed E-state index contributed by atoms with van der Waals surface area (Å²) in [6.07, 6.45) is 1.64. The largest absolute Gasteiger partial charge is 0.344 e. The van der Waals surface area contributed by atoms with Crippen molar-refractivity contribution in [2.75, 3.05) is 11.4 Å². The second-order valence-electron chi connectivity index (χ2n) is 8.52. The van der Waals surface area contributed by atoms with E-state index in [2.05, 4.69) is 20.5 Å². The Morgan fingerprint density at radius 1 is 1.15 bits per heavy atom. The standard InChI is InChI=1S/C26H26FN5OS/c1-3-20-30-31-26(34-20)19-13-15-32(24-21-16(2)8-7-11-17(21)12-14-28-24)23(27)22(19)29-25(33)18-9-5-4-6-10-18/h4-12,14,19,22-23H,3,13,15H2,1-2H3,(H,29,33)/t19-,22-,23+/m1/s1. The summed E-state index contributed by atoms with van der Waals surface area (Å²) in [5.41, 5.74) is 1.53. The molecular weight excluding hydrogens is 449 g/mol. The van der Waals surface area contributed by atoms with Gasteiger partial charge in [0.05, 0.1) is 6.04 Å². The van der Waals surface area contributed by atoms with Crippen LogP contribution in [0, 0.1) is 6.92 Å². The number of anilines is 1. The van der Waals surface area contributed by atoms with Crippen LogP contribution in [0.25, 0.3) is 10.8 Å². The van der Waals surface area contributed by atoms with Gasteiger partial charge < -0.3 is 10.2 Å². The van der Waals surface area contributed by atoms with Crippen LogP contribution in [0.1, 0.15) is 45.2 Å². The van der Waals surface area contributed by atoms with Crippen LogP contribution in [-0.2, 0) is 6.42 Å². The number of carbonyl (C=O) groups is 1. The molecule has 1 aliphatic rings. The molecule has 0 unspecified atom stereocenters. The zero-order valence-corrected chi connectivity index (χ0v) is 19.9. The van der Waals surface area contributed by atoms with E-state index >= 15 is 4.39 Å². The Balaban J connectivity index is 1.53. The van der Waals surface area contributed by atoms with Crippen LogP contribution < -0.4 is 10.2 Å². The predicted molar refractivity (Wildman–Crippen MR) is 133 cm³/mol. The van der Waals surface area contributed by atoms with Crippen molar-refractivity contribution in [3.63, 3.8) is 0 Å². The van der Waals surface area contributed by atoms with E-state index in [0.29, 0.717) is 24.3 Å². The Morgan fingerprint density at radius 3 is 2.74 bits per heavy atom. The monoisotopic (exact) mass is 475 g/mol. The molecule has 0 spiro atoms. The molecule has 5 rings (SSSR count). The van der Waals surface area contributed by atoms with E-state index in [0.717, 1.165) is 32.8 Å². The third kappa shape index (κ3) is 4.14. The lowest BCUT2D eigenvalue weighted by molar-refractivity contribution is 0.0873. The van der Waals surface area contributed by atoms with Crippen LogP contribution in [0.15, 0.2) is 60.8 Å². The number of piperidine rings is 1. The molecule has 3 heterocycles. The van der Waals surface area contributed by atoms with Crippen LogP contribution in [-0.4, -0.2) is 40.0 Å². The molecule has 4 aromatic rings. The fourth-order valence-electron chi connectivity index (χ4n) is 4.62. The number of nitrogens with zero attached hydrogens (tertiary/aromatic N) is 4. The number of hydrogen-bond donors (Lipinski definition) is 1. The summed E-state index contributed by atoms with van der Waals surface area (Å²) in [5.74, 6) is 0.0298. The highest BCUT2D eigenvalue weighted by Gasteiger charge is 2.43. The number of pyridine rings is 1. The Kier molecular flexibility index (Phi) is 6.24. The van der Waals surface area contributed by atoms with Gasteiger partial charge in [0, 0.05) is 29.6 Å². The maximum absolute atomic E-state index is 16.4. The molecule has 1 saturated heterocycles. The third-order valence-corrected chi connectivity index (χ3v) is 7.60. The molecule has 0 saturated carbocycles. The van der Waals surface area contributed by atoms with E-state index in [1.54, 1.807) is 35.4 Å². The number of alkyl halides is 1. The first-order valence-electron chi connectivity index (χ1n) is 11.5. The molecule has 1 aliphatic heterocycles. The van der Waals surface area contributed by atoms with Crippen LogP contribution in [0.2, 0.25) is 0 Å². The first kappa shape index (κ1) is 22.4. The number of aromatic nitrogens is 3. The summed E-state index contributed by atoms with van der Waals surface area (Å²) in [6.45, 7) is 4.49. The Morgan fingerprint density at radius 2 is 1.97 bits per heavy atom. The lowest BCUT2D eigenvalue weighted by atomic mass is 9.90. The van der Waals surface area contributed by atoms with Gasteiger partial charge in [0.25, 0.3) is 5.91 Å². The molecule has 0 radical (unpaired) electrons. The van der Waals surface area contributed by atoms with Gasteiger partial charge in [0.1, 0.15) is 15.8 Å². The lowest BCUT2D eigenvalue weighted by Gasteiger charge is -2.42. The van der Waals surface area contributed by atoms with Crippen molar-refractivity contribution >= 4 is 33.8 Å². The number of hydrogen-bond acceptors (Lipinski definition) is 6. The van der Waals surface area contributed by atoms with Crippen molar-refractivity contribution in [3.8, 4) is 0 Å². The molecule has 6 nitrogen and oxygen atoms in total. The zero-order chi connectivity index (χ0) is 23.7. The highest BCUT2D eigenvalue weighted by atomic mass is 32.1. The number of halogens is 1. The van der Waals surface area contributed by atoms with Crippen LogP contribution in [0.5, 0.6) is 0 Å². The lowest BCUT2D eigenvalue weighted by Crippen LogP contribution is -2.57. The van der Waals surface area contributed by atoms with Gasteiger partial charge in [-0.25, -0.2) is 9.37 Å². The summed E-state index contributed by atoms with van der Waals surface area (Å²) in [5, 5.41) is 15.2. The van der Waals surface area contributed by atoms with Gasteiger partial charge in [0.15, 0.2) is 6.30 Å². The van der Waals surface area contributed by atoms with Gasteiger partial charge in [-0.05, 0) is 48.9 Å². The normalized spacial score (nSPS) is 20.4. The van der Waals surface area contributed by atoms with Gasteiger partial charge in [0.2, 0.25) is 0 Å². The topological polar surface area (TPSA) is 71.0 Å². The fourth-order valence-corrected chi connectivity index (χ4v) is 5.59. The van der Waals surface area contributed by atoms with E-state index in [1.807, 2.05) is 44.2 Å². The molecular formula is C26H26FN5OS. The minimum atomic E-state index is -1.47. The van der Waals surface area contributed by atoms with E-state index in [4.69, 9.17) is 0 Å². The van der Waals surface area contributed by atoms with Crippen LogP contribution in [0.3, 0.4) is 0 Å². The smallest absolute Gasteiger partial charge is 0.251 e. The van der Waals surface area contributed by atoms with Crippen molar-refractivity contribution in [1.29, 1.82) is 0 Å². The molecule has 1 N–H and O–H groups in total. The molecule has 3 atom stereocenters. The van der Waals surface area contributed by atoms with Gasteiger partial charge in [-0.15, -0.1) is 21.5 Å². The van der Waals surface area contributed by atoms with Gasteiger partial charge in [-0.3, -0.25) is 4.79 Å². The summed E-state index contributed by atoms with van der Waals surface area (Å²) < 4.78 is 16.4. The number of amides is 1. The van der Waals surface area contributed by atoms with Gasteiger partial charge in [-0.2, -0.15) is 0 Å². The first-order chi connectivity index (χ1) is 16.6. The molecule has 0 bridgehead atoms. The summed E-state index contributed by atoms with van der Waals surface area (Å²) >= 11 is 1.50. The van der Waals surface area contributed by atoms with Gasteiger partial charge in [-0.1, -0.05) is 43.3 Å². The second-order valence-corrected chi connectivity index (χ2v) is 9.62. The molecule has 1 fully saturated rings. The number of fused-ring (bicyclic) bond motifs is 1. The van der Waals surface area contributed by atoms with E-state index in [-0.39, 0.29) is 11.8 Å². The van der Waals surface area contributed by atoms with Crippen molar-refractivity contribution < 1.29 is 9.18 Å². The molecule has 8 heteroatoms. The predicted octanol–water partition coefficient (Wildman–Crippen LogP) is 5.05. The number of rotatable bonds is 5. The van der Waals surface area contributed by atoms with Crippen molar-refractivity contribution in [2.45, 2.75) is 44.9 Å². The van der Waals surface area contributed by atoms with E-state index in [1.165, 1.54) is 11.3 Å². The minimum absolute atomic E-state index is 0.271. The third-order valence-electron chi connectivity index (χ3n) is 6.40. The average Bonchev–Trinajstić information content (AvgIpc) is 3.35. The Hall–Kier alpha value is -3.39. The van der Waals surface area contributed by atoms with E-state index in [9.17, 15) is 4.79 Å². The molecule has 174 valence electrons. The second kappa shape index (κ2) is 9.46. The quantitative estimate of drug-likeness (QED) is 0.409. The van der Waals surface area contributed by atoms with Crippen LogP contribution in [0.4, 0.5) is 10.2 Å². The number of nitrogens with one attached hydrogen (secondary N) is 1. The van der Waals surface area contributed by atoms with Crippen LogP contribution >= 0.6 is 11.3 Å². The zero-order valence-electron chi connectivity index (χ0n) is 19.1. The minimum Gasteiger partial charge on any atom is -0.344 e. The molecule has 0 aliphatic carbocycles. The Labute approximate surface area is 201 Å². The van der Waals surface area contributed by atoms with Crippen molar-refractivity contribution in [3.05, 3.63) is 81.9 Å². The summed E-state index contributed by atoms with van der Waals surface area (Å²) in [4.78, 5) is 19.3. The SMILES string of the molecule is CCc1nnc([C@@H]2CCN(c3nccc4cccc(C)c34)[C@H](F)[C@@H]2NC(=O)c2ccccc2)s1. The fraction of sp³-hybridized carbons (Fsp3) is 0.308.